The van der Waals surface area contributed by atoms with Crippen LogP contribution in [0.2, 0.25) is 5.02 Å². The Kier molecular flexibility index (Phi) is 5.88. The van der Waals surface area contributed by atoms with Gasteiger partial charge >= 0.3 is 0 Å². The van der Waals surface area contributed by atoms with Crippen molar-refractivity contribution >= 4 is 17.5 Å². The van der Waals surface area contributed by atoms with Crippen molar-refractivity contribution in [3.05, 3.63) is 47.2 Å². The number of nitrogens with zero attached hydrogens (tertiary/aromatic N) is 3. The van der Waals surface area contributed by atoms with Crippen LogP contribution in [0.1, 0.15) is 25.3 Å². The predicted octanol–water partition coefficient (Wildman–Crippen LogP) is 3.61. The van der Waals surface area contributed by atoms with Crippen LogP contribution in [0.25, 0.3) is 0 Å². The maximum absolute atomic E-state index is 6.16. The number of nitrogens with one attached hydrogen (secondary N) is 1. The van der Waals surface area contributed by atoms with E-state index in [4.69, 9.17) is 16.3 Å². The first-order valence-electron chi connectivity index (χ1n) is 8.43. The second kappa shape index (κ2) is 8.31. The van der Waals surface area contributed by atoms with E-state index in [1.54, 1.807) is 0 Å². The summed E-state index contributed by atoms with van der Waals surface area (Å²) < 4.78 is 6.04. The van der Waals surface area contributed by atoms with Crippen LogP contribution in [-0.2, 0) is 6.54 Å². The number of hydrogen-bond acceptors (Lipinski definition) is 5. The fraction of sp³-hybridized carbons (Fsp3) is 0.444. The van der Waals surface area contributed by atoms with Crippen molar-refractivity contribution in [2.45, 2.75) is 32.4 Å². The molecule has 1 aromatic heterocycles. The van der Waals surface area contributed by atoms with Crippen molar-refractivity contribution in [2.75, 3.05) is 25.0 Å². The number of hydrogen-bond donors (Lipinski definition) is 1. The van der Waals surface area contributed by atoms with Crippen molar-refractivity contribution in [2.24, 2.45) is 0 Å². The van der Waals surface area contributed by atoms with Crippen LogP contribution in [0, 0.1) is 0 Å². The monoisotopic (exact) mass is 346 g/mol. The van der Waals surface area contributed by atoms with Gasteiger partial charge in [0.15, 0.2) is 0 Å². The molecule has 1 N–H and O–H groups in total. The Morgan fingerprint density at radius 3 is 2.58 bits per heavy atom. The molecule has 0 amide bonds. The van der Waals surface area contributed by atoms with Crippen molar-refractivity contribution in [1.29, 1.82) is 0 Å². The van der Waals surface area contributed by atoms with Gasteiger partial charge in [0.25, 0.3) is 0 Å². The summed E-state index contributed by atoms with van der Waals surface area (Å²) in [6.45, 7) is 5.75. The third-order valence-corrected chi connectivity index (χ3v) is 4.42. The molecule has 0 radical (unpaired) electrons. The van der Waals surface area contributed by atoms with E-state index in [-0.39, 0.29) is 6.10 Å². The zero-order valence-electron chi connectivity index (χ0n) is 13.9. The van der Waals surface area contributed by atoms with Gasteiger partial charge in [0.2, 0.25) is 5.95 Å². The molecule has 24 heavy (non-hydrogen) atoms. The van der Waals surface area contributed by atoms with E-state index in [2.05, 4.69) is 20.2 Å². The minimum absolute atomic E-state index is 0.230. The maximum Gasteiger partial charge on any atom is 0.222 e. The summed E-state index contributed by atoms with van der Waals surface area (Å²) in [4.78, 5) is 11.1. The van der Waals surface area contributed by atoms with Gasteiger partial charge in [-0.05, 0) is 31.9 Å². The SMILES string of the molecule is CCNc1ncc(CN2CCC(Oc3ccccc3Cl)CC2)cn1. The van der Waals surface area contributed by atoms with E-state index in [0.29, 0.717) is 11.0 Å². The quantitative estimate of drug-likeness (QED) is 0.866. The molecule has 1 aliphatic heterocycles. The summed E-state index contributed by atoms with van der Waals surface area (Å²) in [5.41, 5.74) is 1.14. The zero-order valence-corrected chi connectivity index (χ0v) is 14.7. The molecule has 5 nitrogen and oxygen atoms in total. The third kappa shape index (κ3) is 4.58. The Bertz CT molecular complexity index is 642. The van der Waals surface area contributed by atoms with Crippen molar-refractivity contribution < 1.29 is 4.74 Å². The molecule has 2 heterocycles. The fourth-order valence-electron chi connectivity index (χ4n) is 2.85. The Hall–Kier alpha value is -1.85. The number of piperidine rings is 1. The Morgan fingerprint density at radius 1 is 1.21 bits per heavy atom. The van der Waals surface area contributed by atoms with Gasteiger partial charge in [-0.25, -0.2) is 9.97 Å². The highest BCUT2D eigenvalue weighted by atomic mass is 35.5. The molecule has 3 rings (SSSR count). The second-order valence-corrected chi connectivity index (χ2v) is 6.38. The van der Waals surface area contributed by atoms with E-state index in [0.717, 1.165) is 50.3 Å². The lowest BCUT2D eigenvalue weighted by molar-refractivity contribution is 0.0968. The van der Waals surface area contributed by atoms with Gasteiger partial charge in [0.05, 0.1) is 5.02 Å². The minimum atomic E-state index is 0.230. The van der Waals surface area contributed by atoms with Crippen molar-refractivity contribution in [1.82, 2.24) is 14.9 Å². The molecular formula is C18H23ClN4O. The second-order valence-electron chi connectivity index (χ2n) is 5.97. The highest BCUT2D eigenvalue weighted by Crippen LogP contribution is 2.27. The largest absolute Gasteiger partial charge is 0.489 e. The van der Waals surface area contributed by atoms with Gasteiger partial charge < -0.3 is 10.1 Å². The number of para-hydroxylation sites is 1. The Morgan fingerprint density at radius 2 is 1.92 bits per heavy atom. The molecular weight excluding hydrogens is 324 g/mol. The molecule has 2 aromatic rings. The first-order chi connectivity index (χ1) is 11.7. The summed E-state index contributed by atoms with van der Waals surface area (Å²) in [5.74, 6) is 1.47. The molecule has 1 aliphatic rings. The molecule has 6 heteroatoms. The number of rotatable bonds is 6. The molecule has 0 aliphatic carbocycles. The third-order valence-electron chi connectivity index (χ3n) is 4.11. The number of ether oxygens (including phenoxy) is 1. The van der Waals surface area contributed by atoms with E-state index < -0.39 is 0 Å². The lowest BCUT2D eigenvalue weighted by Gasteiger charge is -2.32. The molecule has 1 saturated heterocycles. The normalized spacial score (nSPS) is 16.1. The average molecular weight is 347 g/mol. The highest BCUT2D eigenvalue weighted by Gasteiger charge is 2.21. The summed E-state index contributed by atoms with van der Waals surface area (Å²) in [6, 6.07) is 7.66. The van der Waals surface area contributed by atoms with Crippen LogP contribution < -0.4 is 10.1 Å². The lowest BCUT2D eigenvalue weighted by atomic mass is 10.1. The van der Waals surface area contributed by atoms with Gasteiger partial charge in [0.1, 0.15) is 11.9 Å². The first-order valence-corrected chi connectivity index (χ1v) is 8.80. The van der Waals surface area contributed by atoms with E-state index >= 15 is 0 Å². The van der Waals surface area contributed by atoms with Gasteiger partial charge in [-0.3, -0.25) is 4.90 Å². The highest BCUT2D eigenvalue weighted by molar-refractivity contribution is 6.32. The lowest BCUT2D eigenvalue weighted by Crippen LogP contribution is -2.37. The molecule has 1 fully saturated rings. The van der Waals surface area contributed by atoms with Crippen LogP contribution in [0.5, 0.6) is 5.75 Å². The van der Waals surface area contributed by atoms with Crippen molar-refractivity contribution in [3.63, 3.8) is 0 Å². The minimum Gasteiger partial charge on any atom is -0.489 e. The molecule has 0 atom stereocenters. The first kappa shape index (κ1) is 17.0. The van der Waals surface area contributed by atoms with Gasteiger partial charge in [-0.2, -0.15) is 0 Å². The number of halogens is 1. The van der Waals surface area contributed by atoms with Gasteiger partial charge in [0, 0.05) is 44.1 Å². The van der Waals surface area contributed by atoms with E-state index in [1.807, 2.05) is 43.6 Å². The van der Waals surface area contributed by atoms with Crippen LogP contribution in [0.3, 0.4) is 0 Å². The Balaban J connectivity index is 1.47. The standard InChI is InChI=1S/C18H23ClN4O/c1-2-20-18-21-11-14(12-22-18)13-23-9-7-15(8-10-23)24-17-6-4-3-5-16(17)19/h3-6,11-12,15H,2,7-10,13H2,1H3,(H,20,21,22). The van der Waals surface area contributed by atoms with Crippen LogP contribution >= 0.6 is 11.6 Å². The molecule has 128 valence electrons. The smallest absolute Gasteiger partial charge is 0.222 e. The molecule has 0 saturated carbocycles. The summed E-state index contributed by atoms with van der Waals surface area (Å²) in [7, 11) is 0. The molecule has 0 unspecified atom stereocenters. The van der Waals surface area contributed by atoms with Gasteiger partial charge in [-0.15, -0.1) is 0 Å². The number of likely N-dealkylation sites (tertiary alicyclic amines) is 1. The average Bonchev–Trinajstić information content (AvgIpc) is 2.61. The zero-order chi connectivity index (χ0) is 16.8. The van der Waals surface area contributed by atoms with Crippen LogP contribution in [0.15, 0.2) is 36.7 Å². The fourth-order valence-corrected chi connectivity index (χ4v) is 3.03. The van der Waals surface area contributed by atoms with E-state index in [1.165, 1.54) is 0 Å². The number of benzene rings is 1. The maximum atomic E-state index is 6.16. The molecule has 0 bridgehead atoms. The summed E-state index contributed by atoms with van der Waals surface area (Å²) in [6.07, 6.45) is 6.03. The van der Waals surface area contributed by atoms with Crippen LogP contribution in [0.4, 0.5) is 5.95 Å². The van der Waals surface area contributed by atoms with Crippen molar-refractivity contribution in [3.8, 4) is 5.75 Å². The Labute approximate surface area is 148 Å². The van der Waals surface area contributed by atoms with Gasteiger partial charge in [-0.1, -0.05) is 23.7 Å². The summed E-state index contributed by atoms with van der Waals surface area (Å²) in [5, 5.41) is 3.79. The van der Waals surface area contributed by atoms with Crippen LogP contribution in [-0.4, -0.2) is 40.6 Å². The van der Waals surface area contributed by atoms with E-state index in [9.17, 15) is 0 Å². The number of aromatic nitrogens is 2. The predicted molar refractivity (Wildman–Crippen MR) is 96.6 cm³/mol. The molecule has 0 spiro atoms. The molecule has 1 aromatic carbocycles. The number of anilines is 1. The topological polar surface area (TPSA) is 50.3 Å². The summed E-state index contributed by atoms with van der Waals surface area (Å²) >= 11 is 6.16.